The molecular formula is C16H25NO4. The Bertz CT molecular complexity index is 380. The second-order valence-electron chi connectivity index (χ2n) is 5.39. The van der Waals surface area contributed by atoms with Gasteiger partial charge in [-0.1, -0.05) is 44.9 Å². The van der Waals surface area contributed by atoms with Crippen molar-refractivity contribution in [2.24, 2.45) is 0 Å². The van der Waals surface area contributed by atoms with Gasteiger partial charge in [-0.05, 0) is 19.3 Å². The fourth-order valence-electron chi connectivity index (χ4n) is 2.53. The van der Waals surface area contributed by atoms with Crippen LogP contribution in [0.4, 0.5) is 4.79 Å². The van der Waals surface area contributed by atoms with Crippen LogP contribution >= 0.6 is 0 Å². The second kappa shape index (κ2) is 9.28. The lowest BCUT2D eigenvalue weighted by molar-refractivity contribution is -0.151. The van der Waals surface area contributed by atoms with Gasteiger partial charge in [-0.3, -0.25) is 0 Å². The Kier molecular flexibility index (Phi) is 7.66. The number of unbranched alkanes of at least 4 members (excludes halogenated alkanes) is 3. The van der Waals surface area contributed by atoms with Crippen molar-refractivity contribution in [3.8, 4) is 12.3 Å². The van der Waals surface area contributed by atoms with E-state index in [-0.39, 0.29) is 12.6 Å². The molecule has 5 heteroatoms. The van der Waals surface area contributed by atoms with Crippen LogP contribution in [0.2, 0.25) is 0 Å². The Hall–Kier alpha value is -1.70. The SMILES string of the molecule is C#CCOC(=O)NC1(C(=O)OCCCCCC)CCCC1. The van der Waals surface area contributed by atoms with Gasteiger partial charge in [0.2, 0.25) is 0 Å². The molecule has 1 amide bonds. The molecule has 1 aliphatic carbocycles. The Balaban J connectivity index is 2.45. The molecule has 0 unspecified atom stereocenters. The molecule has 0 bridgehead atoms. The van der Waals surface area contributed by atoms with Gasteiger partial charge < -0.3 is 14.8 Å². The highest BCUT2D eigenvalue weighted by atomic mass is 16.6. The molecule has 0 aromatic heterocycles. The minimum Gasteiger partial charge on any atom is -0.464 e. The third-order valence-electron chi connectivity index (χ3n) is 3.71. The number of terminal acetylenes is 1. The fourth-order valence-corrected chi connectivity index (χ4v) is 2.53. The maximum Gasteiger partial charge on any atom is 0.409 e. The van der Waals surface area contributed by atoms with E-state index in [1.807, 2.05) is 0 Å². The van der Waals surface area contributed by atoms with Crippen molar-refractivity contribution < 1.29 is 19.1 Å². The molecule has 1 N–H and O–H groups in total. The highest BCUT2D eigenvalue weighted by molar-refractivity contribution is 5.86. The molecule has 0 aromatic carbocycles. The molecule has 0 atom stereocenters. The fraction of sp³-hybridized carbons (Fsp3) is 0.750. The first-order valence-corrected chi connectivity index (χ1v) is 7.70. The number of alkyl carbamates (subject to hydrolysis) is 1. The van der Waals surface area contributed by atoms with E-state index in [9.17, 15) is 9.59 Å². The van der Waals surface area contributed by atoms with Gasteiger partial charge in [-0.2, -0.15) is 0 Å². The Morgan fingerprint density at radius 3 is 2.52 bits per heavy atom. The first kappa shape index (κ1) is 17.4. The molecule has 0 heterocycles. The lowest BCUT2D eigenvalue weighted by Gasteiger charge is -2.27. The predicted molar refractivity (Wildman–Crippen MR) is 79.6 cm³/mol. The van der Waals surface area contributed by atoms with E-state index in [1.54, 1.807) is 0 Å². The molecule has 0 spiro atoms. The van der Waals surface area contributed by atoms with Gasteiger partial charge in [0, 0.05) is 0 Å². The van der Waals surface area contributed by atoms with Crippen LogP contribution in [0.3, 0.4) is 0 Å². The largest absolute Gasteiger partial charge is 0.464 e. The summed E-state index contributed by atoms with van der Waals surface area (Å²) >= 11 is 0. The number of rotatable bonds is 8. The van der Waals surface area contributed by atoms with Gasteiger partial charge in [0.1, 0.15) is 5.54 Å². The zero-order valence-electron chi connectivity index (χ0n) is 12.8. The van der Waals surface area contributed by atoms with Crippen molar-refractivity contribution in [2.45, 2.75) is 63.8 Å². The molecular weight excluding hydrogens is 270 g/mol. The summed E-state index contributed by atoms with van der Waals surface area (Å²) in [6, 6.07) is 0. The molecule has 0 radical (unpaired) electrons. The van der Waals surface area contributed by atoms with Crippen molar-refractivity contribution in [1.82, 2.24) is 5.32 Å². The van der Waals surface area contributed by atoms with Crippen molar-refractivity contribution in [2.75, 3.05) is 13.2 Å². The Labute approximate surface area is 126 Å². The van der Waals surface area contributed by atoms with Crippen LogP contribution in [0.1, 0.15) is 58.3 Å². The summed E-state index contributed by atoms with van der Waals surface area (Å²) in [5.74, 6) is 1.87. The maximum atomic E-state index is 12.3. The van der Waals surface area contributed by atoms with Gasteiger partial charge in [0.15, 0.2) is 6.61 Å². The average Bonchev–Trinajstić information content (AvgIpc) is 2.94. The van der Waals surface area contributed by atoms with E-state index < -0.39 is 11.6 Å². The van der Waals surface area contributed by atoms with Crippen molar-refractivity contribution >= 4 is 12.1 Å². The molecule has 0 aliphatic heterocycles. The molecule has 5 nitrogen and oxygen atoms in total. The number of amides is 1. The summed E-state index contributed by atoms with van der Waals surface area (Å²) < 4.78 is 10.1. The van der Waals surface area contributed by atoms with Crippen LogP contribution < -0.4 is 5.32 Å². The number of hydrogen-bond donors (Lipinski definition) is 1. The van der Waals surface area contributed by atoms with Gasteiger partial charge in [0.25, 0.3) is 0 Å². The van der Waals surface area contributed by atoms with Crippen LogP contribution in [0.5, 0.6) is 0 Å². The zero-order valence-corrected chi connectivity index (χ0v) is 12.8. The number of hydrogen-bond acceptors (Lipinski definition) is 4. The number of carbonyl (C=O) groups excluding carboxylic acids is 2. The highest BCUT2D eigenvalue weighted by Gasteiger charge is 2.44. The monoisotopic (exact) mass is 295 g/mol. The van der Waals surface area contributed by atoms with Gasteiger partial charge in [-0.15, -0.1) is 6.42 Å². The first-order chi connectivity index (χ1) is 10.1. The second-order valence-corrected chi connectivity index (χ2v) is 5.39. The van der Waals surface area contributed by atoms with E-state index in [2.05, 4.69) is 18.2 Å². The molecule has 1 fully saturated rings. The number of esters is 1. The molecule has 21 heavy (non-hydrogen) atoms. The normalized spacial score (nSPS) is 16.0. The van der Waals surface area contributed by atoms with Crippen molar-refractivity contribution in [3.63, 3.8) is 0 Å². The average molecular weight is 295 g/mol. The standard InChI is InChI=1S/C16H25NO4/c1-3-5-6-9-13-20-14(18)16(10-7-8-11-16)17-15(19)21-12-4-2/h2H,3,5-13H2,1H3,(H,17,19). The summed E-state index contributed by atoms with van der Waals surface area (Å²) in [5.41, 5.74) is -0.934. The molecule has 1 saturated carbocycles. The molecule has 1 aliphatic rings. The summed E-state index contributed by atoms with van der Waals surface area (Å²) in [5, 5.41) is 2.65. The first-order valence-electron chi connectivity index (χ1n) is 7.70. The topological polar surface area (TPSA) is 64.6 Å². The van der Waals surface area contributed by atoms with Crippen LogP contribution in [-0.4, -0.2) is 30.8 Å². The number of ether oxygens (including phenoxy) is 2. The van der Waals surface area contributed by atoms with Gasteiger partial charge in [-0.25, -0.2) is 9.59 Å². The van der Waals surface area contributed by atoms with Crippen LogP contribution in [-0.2, 0) is 14.3 Å². The Morgan fingerprint density at radius 1 is 1.19 bits per heavy atom. The highest BCUT2D eigenvalue weighted by Crippen LogP contribution is 2.31. The maximum absolute atomic E-state index is 12.3. The van der Waals surface area contributed by atoms with Crippen LogP contribution in [0.25, 0.3) is 0 Å². The van der Waals surface area contributed by atoms with E-state index in [4.69, 9.17) is 15.9 Å². The zero-order chi connectivity index (χ0) is 15.6. The molecule has 1 rings (SSSR count). The third-order valence-corrected chi connectivity index (χ3v) is 3.71. The minimum atomic E-state index is -0.934. The summed E-state index contributed by atoms with van der Waals surface area (Å²) in [7, 11) is 0. The van der Waals surface area contributed by atoms with Crippen molar-refractivity contribution in [3.05, 3.63) is 0 Å². The van der Waals surface area contributed by atoms with E-state index in [1.165, 1.54) is 0 Å². The Morgan fingerprint density at radius 2 is 1.90 bits per heavy atom. The van der Waals surface area contributed by atoms with Crippen molar-refractivity contribution in [1.29, 1.82) is 0 Å². The summed E-state index contributed by atoms with van der Waals surface area (Å²) in [4.78, 5) is 23.9. The minimum absolute atomic E-state index is 0.103. The van der Waals surface area contributed by atoms with Crippen LogP contribution in [0, 0.1) is 12.3 Å². The molecule has 0 saturated heterocycles. The van der Waals surface area contributed by atoms with Gasteiger partial charge in [0.05, 0.1) is 6.61 Å². The third kappa shape index (κ3) is 5.66. The van der Waals surface area contributed by atoms with E-state index in [0.29, 0.717) is 19.4 Å². The number of carbonyl (C=O) groups is 2. The predicted octanol–water partition coefficient (Wildman–Crippen LogP) is 2.78. The number of nitrogens with one attached hydrogen (secondary N) is 1. The van der Waals surface area contributed by atoms with E-state index in [0.717, 1.165) is 38.5 Å². The lowest BCUT2D eigenvalue weighted by Crippen LogP contribution is -2.53. The summed E-state index contributed by atoms with van der Waals surface area (Å²) in [6.45, 7) is 2.43. The van der Waals surface area contributed by atoms with E-state index >= 15 is 0 Å². The van der Waals surface area contributed by atoms with Gasteiger partial charge >= 0.3 is 12.1 Å². The summed E-state index contributed by atoms with van der Waals surface area (Å²) in [6.07, 6.45) is 11.5. The molecule has 0 aromatic rings. The molecule has 118 valence electrons. The lowest BCUT2D eigenvalue weighted by atomic mass is 9.98. The smallest absolute Gasteiger partial charge is 0.409 e. The quantitative estimate of drug-likeness (QED) is 0.425. The van der Waals surface area contributed by atoms with Crippen LogP contribution in [0.15, 0.2) is 0 Å².